The summed E-state index contributed by atoms with van der Waals surface area (Å²) < 4.78 is 8.51. The average molecular weight is 546 g/mol. The van der Waals surface area contributed by atoms with E-state index in [0.29, 0.717) is 18.7 Å². The highest BCUT2D eigenvalue weighted by molar-refractivity contribution is 5.94. The maximum Gasteiger partial charge on any atom is 0.254 e. The maximum atomic E-state index is 12.9. The SMILES string of the molecule is CC[C@H]1CN(C(C)c2ccc(C(=O)N3CC(OC)C3)cc2)[C@H](CC)CN1c1cc(=O)n(C)c2cn(CC#N)nc12. The van der Waals surface area contributed by atoms with Crippen LogP contribution in [0.4, 0.5) is 5.69 Å². The van der Waals surface area contributed by atoms with Gasteiger partial charge in [0.05, 0.1) is 29.6 Å². The molecule has 0 saturated carbocycles. The fourth-order valence-electron chi connectivity index (χ4n) is 6.10. The summed E-state index contributed by atoms with van der Waals surface area (Å²) in [6.07, 6.45) is 3.80. The van der Waals surface area contributed by atoms with Gasteiger partial charge in [-0.15, -0.1) is 0 Å². The predicted molar refractivity (Wildman–Crippen MR) is 154 cm³/mol. The van der Waals surface area contributed by atoms with Crippen molar-refractivity contribution in [2.24, 2.45) is 7.05 Å². The number of piperazine rings is 1. The Morgan fingerprint density at radius 2 is 1.82 bits per heavy atom. The number of benzene rings is 1. The number of rotatable bonds is 8. The number of fused-ring (bicyclic) bond motifs is 1. The number of hydrogen-bond acceptors (Lipinski definition) is 7. The van der Waals surface area contributed by atoms with E-state index in [9.17, 15) is 14.9 Å². The Morgan fingerprint density at radius 1 is 1.12 bits per heavy atom. The van der Waals surface area contributed by atoms with Crippen LogP contribution in [0.15, 0.2) is 41.3 Å². The Morgan fingerprint density at radius 3 is 2.45 bits per heavy atom. The molecule has 2 aliphatic heterocycles. The molecule has 212 valence electrons. The summed E-state index contributed by atoms with van der Waals surface area (Å²) in [6, 6.07) is 12.5. The van der Waals surface area contributed by atoms with Gasteiger partial charge in [-0.05, 0) is 37.5 Å². The molecule has 2 fully saturated rings. The highest BCUT2D eigenvalue weighted by Crippen LogP contribution is 2.34. The number of aryl methyl sites for hydroxylation is 1. The normalized spacial score (nSPS) is 20.9. The lowest BCUT2D eigenvalue weighted by atomic mass is 9.96. The van der Waals surface area contributed by atoms with Gasteiger partial charge in [0.1, 0.15) is 12.1 Å². The van der Waals surface area contributed by atoms with Crippen molar-refractivity contribution in [3.05, 3.63) is 58.0 Å². The first-order valence-corrected chi connectivity index (χ1v) is 14.2. The minimum absolute atomic E-state index is 0.0520. The minimum atomic E-state index is -0.0803. The number of anilines is 1. The third-order valence-electron chi connectivity index (χ3n) is 8.77. The fourth-order valence-corrected chi connectivity index (χ4v) is 6.10. The summed E-state index contributed by atoms with van der Waals surface area (Å²) in [7, 11) is 3.43. The van der Waals surface area contributed by atoms with Crippen molar-refractivity contribution in [3.63, 3.8) is 0 Å². The molecule has 2 saturated heterocycles. The third kappa shape index (κ3) is 5.00. The van der Waals surface area contributed by atoms with Gasteiger partial charge in [0.2, 0.25) is 0 Å². The number of aromatic nitrogens is 3. The van der Waals surface area contributed by atoms with E-state index in [0.717, 1.165) is 42.7 Å². The lowest BCUT2D eigenvalue weighted by molar-refractivity contribution is -0.0191. The molecule has 10 nitrogen and oxygen atoms in total. The fraction of sp³-hybridized carbons (Fsp3) is 0.533. The first-order chi connectivity index (χ1) is 19.3. The van der Waals surface area contributed by atoms with Crippen molar-refractivity contribution in [1.82, 2.24) is 24.1 Å². The maximum absolute atomic E-state index is 12.9. The van der Waals surface area contributed by atoms with Crippen LogP contribution in [-0.4, -0.2) is 81.5 Å². The summed E-state index contributed by atoms with van der Waals surface area (Å²) in [5.41, 5.74) is 4.15. The van der Waals surface area contributed by atoms with Gasteiger partial charge < -0.3 is 19.1 Å². The third-order valence-corrected chi connectivity index (χ3v) is 8.77. The molecule has 2 aromatic heterocycles. The number of carbonyl (C=O) groups excluding carboxylic acids is 1. The van der Waals surface area contributed by atoms with Crippen LogP contribution in [0, 0.1) is 11.3 Å². The number of nitriles is 1. The van der Waals surface area contributed by atoms with Crippen LogP contribution in [0.3, 0.4) is 0 Å². The topological polar surface area (TPSA) is 99.6 Å². The van der Waals surface area contributed by atoms with E-state index >= 15 is 0 Å². The number of carbonyl (C=O) groups is 1. The van der Waals surface area contributed by atoms with Crippen molar-refractivity contribution < 1.29 is 9.53 Å². The lowest BCUT2D eigenvalue weighted by Crippen LogP contribution is -2.58. The van der Waals surface area contributed by atoms with Gasteiger partial charge in [-0.25, -0.2) is 0 Å². The number of ether oxygens (including phenoxy) is 1. The van der Waals surface area contributed by atoms with Gasteiger partial charge in [0, 0.05) is 70.1 Å². The Hall–Kier alpha value is -3.68. The van der Waals surface area contributed by atoms with Crippen LogP contribution < -0.4 is 10.5 Å². The summed E-state index contributed by atoms with van der Waals surface area (Å²) in [4.78, 5) is 32.5. The second kappa shape index (κ2) is 11.4. The first kappa shape index (κ1) is 27.9. The first-order valence-electron chi connectivity index (χ1n) is 14.2. The molecule has 40 heavy (non-hydrogen) atoms. The molecule has 0 N–H and O–H groups in total. The van der Waals surface area contributed by atoms with Crippen molar-refractivity contribution in [2.75, 3.05) is 38.2 Å². The zero-order chi connectivity index (χ0) is 28.6. The van der Waals surface area contributed by atoms with Crippen molar-refractivity contribution in [2.45, 2.75) is 64.4 Å². The van der Waals surface area contributed by atoms with E-state index in [4.69, 9.17) is 9.84 Å². The molecule has 1 unspecified atom stereocenters. The summed E-state index contributed by atoms with van der Waals surface area (Å²) >= 11 is 0. The zero-order valence-corrected chi connectivity index (χ0v) is 24.1. The molecule has 3 atom stereocenters. The lowest BCUT2D eigenvalue weighted by Gasteiger charge is -2.49. The number of amides is 1. The molecule has 2 aliphatic rings. The Balaban J connectivity index is 1.38. The molecule has 1 aromatic carbocycles. The van der Waals surface area contributed by atoms with E-state index < -0.39 is 0 Å². The molecule has 0 aliphatic carbocycles. The molecule has 3 aromatic rings. The van der Waals surface area contributed by atoms with Crippen LogP contribution in [0.2, 0.25) is 0 Å². The van der Waals surface area contributed by atoms with Gasteiger partial charge >= 0.3 is 0 Å². The van der Waals surface area contributed by atoms with E-state index in [1.165, 1.54) is 5.56 Å². The highest BCUT2D eigenvalue weighted by Gasteiger charge is 2.37. The van der Waals surface area contributed by atoms with Gasteiger partial charge in [-0.3, -0.25) is 19.2 Å². The molecular formula is C30H39N7O3. The van der Waals surface area contributed by atoms with Crippen LogP contribution in [-0.2, 0) is 18.3 Å². The number of hydrogen-bond donors (Lipinski definition) is 0. The van der Waals surface area contributed by atoms with E-state index in [1.54, 1.807) is 35.7 Å². The number of likely N-dealkylation sites (tertiary alicyclic amines) is 1. The summed E-state index contributed by atoms with van der Waals surface area (Å²) in [5.74, 6) is 0.0520. The number of nitrogens with zero attached hydrogens (tertiary/aromatic N) is 7. The van der Waals surface area contributed by atoms with Gasteiger partial charge in [-0.1, -0.05) is 26.0 Å². The summed E-state index contributed by atoms with van der Waals surface area (Å²) in [6.45, 7) is 9.68. The van der Waals surface area contributed by atoms with Crippen molar-refractivity contribution >= 4 is 22.6 Å². The van der Waals surface area contributed by atoms with Crippen molar-refractivity contribution in [3.8, 4) is 6.07 Å². The van der Waals surface area contributed by atoms with E-state index in [1.807, 2.05) is 17.0 Å². The predicted octanol–water partition coefficient (Wildman–Crippen LogP) is 3.17. The highest BCUT2D eigenvalue weighted by atomic mass is 16.5. The molecule has 0 spiro atoms. The standard InChI is InChI=1S/C30H39N7O3/c1-6-23-16-37(26-14-28(38)33(4)27-19-35(13-12-31)32-29(26)27)24(7-2)15-36(23)20(3)21-8-10-22(11-9-21)30(39)34-17-25(18-34)40-5/h8-11,14,19-20,23-25H,6-7,13,15-18H2,1-5H3/t20?,23-,24+/m1/s1. The molecule has 1 amide bonds. The molecule has 10 heteroatoms. The summed E-state index contributed by atoms with van der Waals surface area (Å²) in [5, 5.41) is 13.9. The van der Waals surface area contributed by atoms with Gasteiger partial charge in [0.25, 0.3) is 11.5 Å². The number of methoxy groups -OCH3 is 1. The van der Waals surface area contributed by atoms with Crippen LogP contribution in [0.1, 0.15) is 55.6 Å². The monoisotopic (exact) mass is 545 g/mol. The van der Waals surface area contributed by atoms with Crippen LogP contribution >= 0.6 is 0 Å². The zero-order valence-electron chi connectivity index (χ0n) is 24.1. The van der Waals surface area contributed by atoms with Crippen LogP contribution in [0.25, 0.3) is 11.0 Å². The second-order valence-electron chi connectivity index (χ2n) is 11.0. The van der Waals surface area contributed by atoms with Gasteiger partial charge in [0.15, 0.2) is 0 Å². The van der Waals surface area contributed by atoms with Gasteiger partial charge in [-0.2, -0.15) is 10.4 Å². The number of pyridine rings is 1. The molecule has 5 rings (SSSR count). The average Bonchev–Trinajstić information content (AvgIpc) is 3.37. The molecule has 4 heterocycles. The molecule has 0 radical (unpaired) electrons. The molecule has 0 bridgehead atoms. The Bertz CT molecular complexity index is 1470. The van der Waals surface area contributed by atoms with E-state index in [-0.39, 0.29) is 42.2 Å². The van der Waals surface area contributed by atoms with E-state index in [2.05, 4.69) is 48.8 Å². The second-order valence-corrected chi connectivity index (χ2v) is 11.0. The largest absolute Gasteiger partial charge is 0.378 e. The van der Waals surface area contributed by atoms with Crippen molar-refractivity contribution in [1.29, 1.82) is 5.26 Å². The Labute approximate surface area is 235 Å². The Kier molecular flexibility index (Phi) is 7.97. The minimum Gasteiger partial charge on any atom is -0.378 e. The molecular weight excluding hydrogens is 506 g/mol. The van der Waals surface area contributed by atoms with Crippen LogP contribution in [0.5, 0.6) is 0 Å². The quantitative estimate of drug-likeness (QED) is 0.429. The smallest absolute Gasteiger partial charge is 0.254 e.